The molecule has 1 aliphatic rings. The maximum absolute atomic E-state index is 12.1. The Labute approximate surface area is 111 Å². The molecule has 18 heavy (non-hydrogen) atoms. The van der Waals surface area contributed by atoms with E-state index in [9.17, 15) is 9.90 Å². The molecule has 2 amide bonds. The van der Waals surface area contributed by atoms with Gasteiger partial charge in [0.05, 0.1) is 6.10 Å². The van der Waals surface area contributed by atoms with Crippen LogP contribution in [0.15, 0.2) is 0 Å². The maximum Gasteiger partial charge on any atom is 0.317 e. The van der Waals surface area contributed by atoms with Gasteiger partial charge in [-0.25, -0.2) is 4.79 Å². The normalized spacial score (nSPS) is 19.9. The lowest BCUT2D eigenvalue weighted by atomic mass is 9.89. The van der Waals surface area contributed by atoms with Crippen molar-refractivity contribution in [3.63, 3.8) is 0 Å². The van der Waals surface area contributed by atoms with Crippen molar-refractivity contribution < 1.29 is 9.90 Å². The highest BCUT2D eigenvalue weighted by molar-refractivity contribution is 5.74. The zero-order valence-corrected chi connectivity index (χ0v) is 12.2. The Bertz CT molecular complexity index is 271. The lowest BCUT2D eigenvalue weighted by Crippen LogP contribution is -2.49. The minimum absolute atomic E-state index is 0.0565. The van der Waals surface area contributed by atoms with Crippen LogP contribution in [-0.2, 0) is 0 Å². The molecule has 4 nitrogen and oxygen atoms in total. The molecule has 1 fully saturated rings. The van der Waals surface area contributed by atoms with E-state index in [1.165, 1.54) is 25.7 Å². The first-order chi connectivity index (χ1) is 8.34. The first kappa shape index (κ1) is 15.3. The Morgan fingerprint density at radius 1 is 1.33 bits per heavy atom. The molecule has 0 saturated heterocycles. The van der Waals surface area contributed by atoms with Gasteiger partial charge in [0.1, 0.15) is 0 Å². The summed E-state index contributed by atoms with van der Waals surface area (Å²) in [5.41, 5.74) is 0.267. The average Bonchev–Trinajstić information content (AvgIpc) is 2.70. The van der Waals surface area contributed by atoms with Crippen molar-refractivity contribution in [1.82, 2.24) is 10.2 Å². The number of carbonyl (C=O) groups excluding carboxylic acids is 1. The predicted octanol–water partition coefficient (Wildman–Crippen LogP) is 2.37. The van der Waals surface area contributed by atoms with Crippen LogP contribution in [0.1, 0.15) is 53.4 Å². The van der Waals surface area contributed by atoms with E-state index in [0.29, 0.717) is 6.54 Å². The first-order valence-electron chi connectivity index (χ1n) is 7.06. The van der Waals surface area contributed by atoms with E-state index < -0.39 is 6.10 Å². The van der Waals surface area contributed by atoms with Gasteiger partial charge in [0.15, 0.2) is 0 Å². The number of aliphatic hydroxyl groups excluding tert-OH is 1. The van der Waals surface area contributed by atoms with E-state index in [4.69, 9.17) is 0 Å². The van der Waals surface area contributed by atoms with E-state index in [-0.39, 0.29) is 17.5 Å². The van der Waals surface area contributed by atoms with Gasteiger partial charge in [-0.1, -0.05) is 19.8 Å². The van der Waals surface area contributed by atoms with Crippen LogP contribution in [0.2, 0.25) is 0 Å². The second-order valence-corrected chi connectivity index (χ2v) is 6.27. The molecule has 0 radical (unpaired) electrons. The summed E-state index contributed by atoms with van der Waals surface area (Å²) in [5.74, 6) is 0. The third-order valence-electron chi connectivity index (χ3n) is 3.82. The zero-order valence-electron chi connectivity index (χ0n) is 12.2. The molecule has 0 spiro atoms. The van der Waals surface area contributed by atoms with Crippen LogP contribution in [0.25, 0.3) is 0 Å². The van der Waals surface area contributed by atoms with Crippen molar-refractivity contribution in [2.24, 2.45) is 5.41 Å². The fourth-order valence-corrected chi connectivity index (χ4v) is 2.61. The molecule has 0 aromatic heterocycles. The standard InChI is InChI=1S/C14H28N2O2/c1-11(2)16(9-12(3)17)13(18)15-10-14(4)7-5-6-8-14/h11-12,17H,5-10H2,1-4H3,(H,15,18). The van der Waals surface area contributed by atoms with Gasteiger partial charge in [0, 0.05) is 19.1 Å². The van der Waals surface area contributed by atoms with Gasteiger partial charge < -0.3 is 15.3 Å². The van der Waals surface area contributed by atoms with Gasteiger partial charge in [-0.05, 0) is 39.0 Å². The van der Waals surface area contributed by atoms with E-state index in [1.54, 1.807) is 11.8 Å². The highest BCUT2D eigenvalue weighted by Gasteiger charge is 2.30. The van der Waals surface area contributed by atoms with Crippen molar-refractivity contribution in [1.29, 1.82) is 0 Å². The summed E-state index contributed by atoms with van der Waals surface area (Å²) in [5, 5.41) is 12.5. The number of hydrogen-bond donors (Lipinski definition) is 2. The molecule has 0 heterocycles. The summed E-state index contributed by atoms with van der Waals surface area (Å²) >= 11 is 0. The van der Waals surface area contributed by atoms with Crippen LogP contribution in [0.5, 0.6) is 0 Å². The molecular formula is C14H28N2O2. The molecule has 1 aliphatic carbocycles. The van der Waals surface area contributed by atoms with Crippen molar-refractivity contribution in [3.8, 4) is 0 Å². The molecule has 2 N–H and O–H groups in total. The second kappa shape index (κ2) is 6.41. The van der Waals surface area contributed by atoms with Crippen molar-refractivity contribution in [3.05, 3.63) is 0 Å². The van der Waals surface area contributed by atoms with Gasteiger partial charge in [0.2, 0.25) is 0 Å². The van der Waals surface area contributed by atoms with E-state index >= 15 is 0 Å². The largest absolute Gasteiger partial charge is 0.392 e. The molecule has 1 rings (SSSR count). The lowest BCUT2D eigenvalue weighted by molar-refractivity contribution is 0.117. The fourth-order valence-electron chi connectivity index (χ4n) is 2.61. The van der Waals surface area contributed by atoms with Crippen LogP contribution in [0.4, 0.5) is 4.79 Å². The number of nitrogens with one attached hydrogen (secondary N) is 1. The number of aliphatic hydroxyl groups is 1. The Kier molecular flexibility index (Phi) is 5.45. The van der Waals surface area contributed by atoms with Crippen molar-refractivity contribution >= 4 is 6.03 Å². The van der Waals surface area contributed by atoms with Crippen molar-refractivity contribution in [2.75, 3.05) is 13.1 Å². The lowest BCUT2D eigenvalue weighted by Gasteiger charge is -2.31. The van der Waals surface area contributed by atoms with Crippen LogP contribution in [-0.4, -0.2) is 41.3 Å². The average molecular weight is 256 g/mol. The van der Waals surface area contributed by atoms with Gasteiger partial charge in [0.25, 0.3) is 0 Å². The van der Waals surface area contributed by atoms with E-state index in [2.05, 4.69) is 12.2 Å². The first-order valence-corrected chi connectivity index (χ1v) is 7.06. The fraction of sp³-hybridized carbons (Fsp3) is 0.929. The van der Waals surface area contributed by atoms with Crippen molar-refractivity contribution in [2.45, 2.75) is 65.5 Å². The Balaban J connectivity index is 2.46. The summed E-state index contributed by atoms with van der Waals surface area (Å²) in [6.07, 6.45) is 4.46. The smallest absolute Gasteiger partial charge is 0.317 e. The number of urea groups is 1. The van der Waals surface area contributed by atoms with Crippen LogP contribution in [0.3, 0.4) is 0 Å². The van der Waals surface area contributed by atoms with Gasteiger partial charge in [-0.15, -0.1) is 0 Å². The monoisotopic (exact) mass is 256 g/mol. The molecule has 0 bridgehead atoms. The summed E-state index contributed by atoms with van der Waals surface area (Å²) in [6.45, 7) is 9.03. The quantitative estimate of drug-likeness (QED) is 0.793. The van der Waals surface area contributed by atoms with Crippen LogP contribution >= 0.6 is 0 Å². The number of rotatable bonds is 5. The topological polar surface area (TPSA) is 52.6 Å². The van der Waals surface area contributed by atoms with E-state index in [0.717, 1.165) is 6.54 Å². The molecule has 1 atom stereocenters. The van der Waals surface area contributed by atoms with Crippen LogP contribution < -0.4 is 5.32 Å². The Hall–Kier alpha value is -0.770. The minimum Gasteiger partial charge on any atom is -0.392 e. The maximum atomic E-state index is 12.1. The summed E-state index contributed by atoms with van der Waals surface area (Å²) < 4.78 is 0. The minimum atomic E-state index is -0.486. The SMILES string of the molecule is CC(O)CN(C(=O)NCC1(C)CCCC1)C(C)C. The highest BCUT2D eigenvalue weighted by atomic mass is 16.3. The summed E-state index contributed by atoms with van der Waals surface area (Å²) in [6, 6.07) is 0.0509. The molecule has 0 aliphatic heterocycles. The molecular weight excluding hydrogens is 228 g/mol. The molecule has 106 valence electrons. The summed E-state index contributed by atoms with van der Waals surface area (Å²) in [4.78, 5) is 13.8. The number of carbonyl (C=O) groups is 1. The third kappa shape index (κ3) is 4.48. The molecule has 0 aromatic rings. The van der Waals surface area contributed by atoms with Gasteiger partial charge in [-0.2, -0.15) is 0 Å². The van der Waals surface area contributed by atoms with Gasteiger partial charge in [-0.3, -0.25) is 0 Å². The number of nitrogens with zero attached hydrogens (tertiary/aromatic N) is 1. The summed E-state index contributed by atoms with van der Waals surface area (Å²) in [7, 11) is 0. The number of amides is 2. The predicted molar refractivity (Wildman–Crippen MR) is 73.5 cm³/mol. The molecule has 1 unspecified atom stereocenters. The Morgan fingerprint density at radius 2 is 1.89 bits per heavy atom. The number of hydrogen-bond acceptors (Lipinski definition) is 2. The zero-order chi connectivity index (χ0) is 13.8. The van der Waals surface area contributed by atoms with E-state index in [1.807, 2.05) is 13.8 Å². The van der Waals surface area contributed by atoms with Gasteiger partial charge >= 0.3 is 6.03 Å². The molecule has 0 aromatic carbocycles. The third-order valence-corrected chi connectivity index (χ3v) is 3.82. The highest BCUT2D eigenvalue weighted by Crippen LogP contribution is 2.36. The van der Waals surface area contributed by atoms with Crippen LogP contribution in [0, 0.1) is 5.41 Å². The Morgan fingerprint density at radius 3 is 2.33 bits per heavy atom. The molecule has 4 heteroatoms. The molecule has 1 saturated carbocycles. The second-order valence-electron chi connectivity index (χ2n) is 6.27.